The number of fused-ring (bicyclic) bond motifs is 1. The van der Waals surface area contributed by atoms with Crippen molar-refractivity contribution in [2.24, 2.45) is 0 Å². The molecule has 1 aliphatic rings. The molecule has 3 rings (SSSR count). The van der Waals surface area contributed by atoms with Gasteiger partial charge in [0.25, 0.3) is 0 Å². The van der Waals surface area contributed by atoms with E-state index in [1.807, 2.05) is 19.1 Å². The fraction of sp³-hybridized carbons (Fsp3) is 0.630. The molecule has 0 saturated carbocycles. The van der Waals surface area contributed by atoms with E-state index in [-0.39, 0.29) is 18.3 Å². The molecule has 1 saturated heterocycles. The predicted molar refractivity (Wildman–Crippen MR) is 133 cm³/mol. The summed E-state index contributed by atoms with van der Waals surface area (Å²) in [6.45, 7) is 20.2. The van der Waals surface area contributed by atoms with E-state index in [1.165, 1.54) is 10.9 Å². The lowest BCUT2D eigenvalue weighted by Crippen LogP contribution is -2.52. The van der Waals surface area contributed by atoms with Gasteiger partial charge in [0.15, 0.2) is 0 Å². The van der Waals surface area contributed by atoms with Gasteiger partial charge in [0.1, 0.15) is 11.3 Å². The van der Waals surface area contributed by atoms with Crippen LogP contribution in [0.15, 0.2) is 41.3 Å². The highest BCUT2D eigenvalue weighted by atomic mass is 28.4. The Bertz CT molecular complexity index is 845. The highest BCUT2D eigenvalue weighted by Gasteiger charge is 2.47. The molecule has 31 heavy (non-hydrogen) atoms. The second kappa shape index (κ2) is 10.1. The maximum absolute atomic E-state index is 7.21. The number of ether oxygens (including phenoxy) is 1. The molecule has 4 heteroatoms. The molecule has 172 valence electrons. The lowest BCUT2D eigenvalue weighted by Gasteiger charge is -2.47. The van der Waals surface area contributed by atoms with E-state index in [1.54, 1.807) is 0 Å². The summed E-state index contributed by atoms with van der Waals surface area (Å²) in [5, 5.41) is 1.21. The third-order valence-electron chi connectivity index (χ3n) is 7.17. The van der Waals surface area contributed by atoms with Crippen molar-refractivity contribution in [3.63, 3.8) is 0 Å². The zero-order chi connectivity index (χ0) is 22.8. The van der Waals surface area contributed by atoms with Crippen LogP contribution in [0.1, 0.15) is 72.1 Å². The molecule has 2 heterocycles. The van der Waals surface area contributed by atoms with Crippen LogP contribution in [0, 0.1) is 6.92 Å². The van der Waals surface area contributed by atoms with E-state index in [0.717, 1.165) is 37.0 Å². The summed E-state index contributed by atoms with van der Waals surface area (Å²) in [4.78, 5) is 0. The Balaban J connectivity index is 1.84. The van der Waals surface area contributed by atoms with Crippen molar-refractivity contribution in [2.45, 2.75) is 109 Å². The maximum atomic E-state index is 7.21. The van der Waals surface area contributed by atoms with Gasteiger partial charge in [0, 0.05) is 5.39 Å². The standard InChI is InChI=1S/C27H42O3Si/c1-9-11-23-16-25(30-31(18(2)3,19(4)5)20(6)7)17-24(29-23)15-22-12-10-13-27-26(22)14-21(8)28-27/h9-10,12-14,18-20,23-25H,1,11,15-17H2,2-8H3/t23-,24-,25-/m1/s1. The Morgan fingerprint density at radius 1 is 1.06 bits per heavy atom. The molecule has 1 aromatic heterocycles. The van der Waals surface area contributed by atoms with E-state index in [2.05, 4.69) is 66.3 Å². The topological polar surface area (TPSA) is 31.6 Å². The maximum Gasteiger partial charge on any atom is 0.200 e. The van der Waals surface area contributed by atoms with Crippen LogP contribution in [0.2, 0.25) is 16.6 Å². The first-order valence-corrected chi connectivity index (χ1v) is 14.2. The van der Waals surface area contributed by atoms with Gasteiger partial charge in [0.05, 0.1) is 18.3 Å². The van der Waals surface area contributed by atoms with Crippen LogP contribution in [-0.2, 0) is 15.6 Å². The average molecular weight is 443 g/mol. The van der Waals surface area contributed by atoms with Gasteiger partial charge >= 0.3 is 0 Å². The Morgan fingerprint density at radius 3 is 2.32 bits per heavy atom. The molecule has 0 spiro atoms. The van der Waals surface area contributed by atoms with Gasteiger partial charge in [-0.05, 0) is 66.9 Å². The van der Waals surface area contributed by atoms with Crippen LogP contribution in [0.3, 0.4) is 0 Å². The normalized spacial score (nSPS) is 22.7. The van der Waals surface area contributed by atoms with Crippen molar-refractivity contribution < 1.29 is 13.6 Å². The number of benzene rings is 1. The van der Waals surface area contributed by atoms with Crippen molar-refractivity contribution in [1.82, 2.24) is 0 Å². The molecule has 0 aliphatic carbocycles. The van der Waals surface area contributed by atoms with Gasteiger partial charge < -0.3 is 13.6 Å². The number of furan rings is 1. The molecular formula is C27H42O3Si. The van der Waals surface area contributed by atoms with Crippen molar-refractivity contribution in [2.75, 3.05) is 0 Å². The van der Waals surface area contributed by atoms with Gasteiger partial charge in [0.2, 0.25) is 8.32 Å². The van der Waals surface area contributed by atoms with E-state index < -0.39 is 8.32 Å². The fourth-order valence-corrected chi connectivity index (χ4v) is 11.6. The zero-order valence-corrected chi connectivity index (χ0v) is 21.6. The molecule has 1 fully saturated rings. The smallest absolute Gasteiger partial charge is 0.200 e. The highest BCUT2D eigenvalue weighted by Crippen LogP contribution is 2.44. The molecule has 3 atom stereocenters. The molecule has 0 N–H and O–H groups in total. The average Bonchev–Trinajstić information content (AvgIpc) is 3.06. The summed E-state index contributed by atoms with van der Waals surface area (Å²) < 4.78 is 19.6. The summed E-state index contributed by atoms with van der Waals surface area (Å²) in [6.07, 6.45) is 6.29. The summed E-state index contributed by atoms with van der Waals surface area (Å²) in [5.74, 6) is 0.958. The van der Waals surface area contributed by atoms with Crippen LogP contribution in [0.5, 0.6) is 0 Å². The Hall–Kier alpha value is -1.36. The lowest BCUT2D eigenvalue weighted by atomic mass is 9.94. The van der Waals surface area contributed by atoms with E-state index in [0.29, 0.717) is 16.6 Å². The van der Waals surface area contributed by atoms with E-state index >= 15 is 0 Å². The third kappa shape index (κ3) is 5.18. The van der Waals surface area contributed by atoms with Gasteiger partial charge in [-0.1, -0.05) is 59.8 Å². The Labute approximate surface area is 190 Å². The molecule has 2 aromatic rings. The lowest BCUT2D eigenvalue weighted by molar-refractivity contribution is -0.0897. The van der Waals surface area contributed by atoms with E-state index in [9.17, 15) is 0 Å². The minimum absolute atomic E-state index is 0.155. The van der Waals surface area contributed by atoms with Crippen LogP contribution in [0.4, 0.5) is 0 Å². The Morgan fingerprint density at radius 2 is 1.71 bits per heavy atom. The molecule has 0 amide bonds. The summed E-state index contributed by atoms with van der Waals surface area (Å²) in [7, 11) is -1.93. The van der Waals surface area contributed by atoms with Gasteiger partial charge in [-0.2, -0.15) is 0 Å². The molecule has 0 bridgehead atoms. The Kier molecular flexibility index (Phi) is 7.88. The summed E-state index contributed by atoms with van der Waals surface area (Å²) in [6, 6.07) is 8.50. The van der Waals surface area contributed by atoms with Crippen molar-refractivity contribution in [1.29, 1.82) is 0 Å². The molecule has 0 radical (unpaired) electrons. The molecule has 1 aromatic carbocycles. The molecule has 1 aliphatic heterocycles. The number of hydrogen-bond donors (Lipinski definition) is 0. The minimum atomic E-state index is -1.93. The first-order valence-electron chi connectivity index (χ1n) is 12.1. The predicted octanol–water partition coefficient (Wildman–Crippen LogP) is 7.97. The SMILES string of the molecule is C=CC[C@@H]1C[C@@H](O[Si](C(C)C)(C(C)C)C(C)C)C[C@@H](Cc2cccc3oc(C)cc23)O1. The van der Waals surface area contributed by atoms with Crippen molar-refractivity contribution in [3.8, 4) is 0 Å². The zero-order valence-electron chi connectivity index (χ0n) is 20.6. The second-order valence-electron chi connectivity index (χ2n) is 10.3. The quantitative estimate of drug-likeness (QED) is 0.291. The first kappa shape index (κ1) is 24.3. The van der Waals surface area contributed by atoms with E-state index in [4.69, 9.17) is 13.6 Å². The number of aryl methyl sites for hydroxylation is 1. The van der Waals surface area contributed by atoms with Gasteiger partial charge in [-0.3, -0.25) is 0 Å². The fourth-order valence-electron chi connectivity index (χ4n) is 6.00. The molecule has 0 unspecified atom stereocenters. The van der Waals surface area contributed by atoms with Crippen LogP contribution in [0.25, 0.3) is 11.0 Å². The monoisotopic (exact) mass is 442 g/mol. The second-order valence-corrected chi connectivity index (χ2v) is 15.7. The first-order chi connectivity index (χ1) is 14.7. The summed E-state index contributed by atoms with van der Waals surface area (Å²) in [5.41, 5.74) is 4.04. The van der Waals surface area contributed by atoms with Gasteiger partial charge in [-0.15, -0.1) is 6.58 Å². The summed E-state index contributed by atoms with van der Waals surface area (Å²) >= 11 is 0. The van der Waals surface area contributed by atoms with Crippen LogP contribution >= 0.6 is 0 Å². The number of rotatable bonds is 9. The highest BCUT2D eigenvalue weighted by molar-refractivity contribution is 6.77. The van der Waals surface area contributed by atoms with Crippen LogP contribution < -0.4 is 0 Å². The molecule has 3 nitrogen and oxygen atoms in total. The largest absolute Gasteiger partial charge is 0.461 e. The van der Waals surface area contributed by atoms with Crippen LogP contribution in [-0.4, -0.2) is 26.6 Å². The van der Waals surface area contributed by atoms with Crippen molar-refractivity contribution >= 4 is 19.3 Å². The minimum Gasteiger partial charge on any atom is -0.461 e. The number of hydrogen-bond acceptors (Lipinski definition) is 3. The van der Waals surface area contributed by atoms with Crippen molar-refractivity contribution in [3.05, 3.63) is 48.2 Å². The molecular weight excluding hydrogens is 400 g/mol. The van der Waals surface area contributed by atoms with Gasteiger partial charge in [-0.25, -0.2) is 0 Å². The third-order valence-corrected chi connectivity index (χ3v) is 13.3.